The van der Waals surface area contributed by atoms with Crippen molar-refractivity contribution in [3.05, 3.63) is 35.6 Å². The van der Waals surface area contributed by atoms with Crippen LogP contribution in [0.5, 0.6) is 0 Å². The van der Waals surface area contributed by atoms with E-state index in [0.29, 0.717) is 13.2 Å². The van der Waals surface area contributed by atoms with Gasteiger partial charge in [0, 0.05) is 5.41 Å². The Bertz CT molecular complexity index is 342. The number of rotatable bonds is 5. The van der Waals surface area contributed by atoms with Crippen LogP contribution in [0.15, 0.2) is 24.3 Å². The molecule has 1 heterocycles. The molecule has 2 rings (SSSR count). The molecule has 1 aromatic rings. The van der Waals surface area contributed by atoms with Crippen LogP contribution in [-0.4, -0.2) is 19.8 Å². The van der Waals surface area contributed by atoms with E-state index in [2.05, 4.69) is 6.92 Å². The van der Waals surface area contributed by atoms with Crippen LogP contribution in [-0.2, 0) is 16.1 Å². The van der Waals surface area contributed by atoms with Gasteiger partial charge in [0.15, 0.2) is 0 Å². The third-order valence-electron chi connectivity index (χ3n) is 3.13. The van der Waals surface area contributed by atoms with Gasteiger partial charge in [-0.3, -0.25) is 0 Å². The molecule has 0 aromatic heterocycles. The van der Waals surface area contributed by atoms with E-state index in [0.717, 1.165) is 25.2 Å². The molecule has 1 fully saturated rings. The molecule has 1 aliphatic rings. The van der Waals surface area contributed by atoms with Crippen LogP contribution in [0.1, 0.15) is 18.9 Å². The molecule has 2 nitrogen and oxygen atoms in total. The lowest BCUT2D eigenvalue weighted by molar-refractivity contribution is -0.152. The van der Waals surface area contributed by atoms with Crippen molar-refractivity contribution in [2.45, 2.75) is 20.0 Å². The summed E-state index contributed by atoms with van der Waals surface area (Å²) in [4.78, 5) is 0. The Balaban J connectivity index is 1.79. The predicted molar refractivity (Wildman–Crippen MR) is 59.6 cm³/mol. The van der Waals surface area contributed by atoms with Crippen molar-refractivity contribution in [1.29, 1.82) is 0 Å². The molecule has 1 aliphatic heterocycles. The minimum atomic E-state index is -0.210. The van der Waals surface area contributed by atoms with Crippen LogP contribution in [0.25, 0.3) is 0 Å². The van der Waals surface area contributed by atoms with Gasteiger partial charge in [-0.05, 0) is 24.1 Å². The third-order valence-corrected chi connectivity index (χ3v) is 3.13. The van der Waals surface area contributed by atoms with Crippen LogP contribution < -0.4 is 0 Å². The molecule has 3 heteroatoms. The topological polar surface area (TPSA) is 18.5 Å². The molecule has 0 amide bonds. The van der Waals surface area contributed by atoms with Crippen LogP contribution in [0.3, 0.4) is 0 Å². The Morgan fingerprint density at radius 2 is 2.25 bits per heavy atom. The van der Waals surface area contributed by atoms with E-state index in [4.69, 9.17) is 9.47 Å². The van der Waals surface area contributed by atoms with Gasteiger partial charge in [0.2, 0.25) is 0 Å². The van der Waals surface area contributed by atoms with Crippen LogP contribution in [0.2, 0.25) is 0 Å². The van der Waals surface area contributed by atoms with Gasteiger partial charge >= 0.3 is 0 Å². The Hall–Kier alpha value is -0.930. The summed E-state index contributed by atoms with van der Waals surface area (Å²) >= 11 is 0. The second-order valence-corrected chi connectivity index (χ2v) is 4.47. The van der Waals surface area contributed by atoms with E-state index >= 15 is 0 Å². The maximum Gasteiger partial charge on any atom is 0.123 e. The maximum atomic E-state index is 12.9. The van der Waals surface area contributed by atoms with E-state index in [1.807, 2.05) is 6.07 Å². The average Bonchev–Trinajstić information content (AvgIpc) is 2.22. The van der Waals surface area contributed by atoms with Gasteiger partial charge in [0.1, 0.15) is 5.82 Å². The summed E-state index contributed by atoms with van der Waals surface area (Å²) in [5.41, 5.74) is 1.08. The second kappa shape index (κ2) is 4.93. The quantitative estimate of drug-likeness (QED) is 0.765. The van der Waals surface area contributed by atoms with Crippen molar-refractivity contribution < 1.29 is 13.9 Å². The summed E-state index contributed by atoms with van der Waals surface area (Å²) < 4.78 is 23.7. The van der Waals surface area contributed by atoms with E-state index in [1.165, 1.54) is 12.1 Å². The molecule has 88 valence electrons. The van der Waals surface area contributed by atoms with Crippen LogP contribution >= 0.6 is 0 Å². The largest absolute Gasteiger partial charge is 0.380 e. The van der Waals surface area contributed by atoms with Gasteiger partial charge in [-0.2, -0.15) is 0 Å². The first-order valence-electron chi connectivity index (χ1n) is 5.64. The summed E-state index contributed by atoms with van der Waals surface area (Å²) in [7, 11) is 0. The number of hydrogen-bond acceptors (Lipinski definition) is 2. The number of ether oxygens (including phenoxy) is 2. The summed E-state index contributed by atoms with van der Waals surface area (Å²) in [5, 5.41) is 0. The lowest BCUT2D eigenvalue weighted by atomic mass is 9.84. The van der Waals surface area contributed by atoms with Crippen molar-refractivity contribution in [3.8, 4) is 0 Å². The Morgan fingerprint density at radius 3 is 2.81 bits per heavy atom. The Kier molecular flexibility index (Phi) is 3.56. The summed E-state index contributed by atoms with van der Waals surface area (Å²) in [6.07, 6.45) is 1.07. The van der Waals surface area contributed by atoms with Gasteiger partial charge in [0.05, 0.1) is 26.4 Å². The first-order valence-corrected chi connectivity index (χ1v) is 5.64. The monoisotopic (exact) mass is 224 g/mol. The predicted octanol–water partition coefficient (Wildman–Crippen LogP) is 2.77. The van der Waals surface area contributed by atoms with E-state index < -0.39 is 0 Å². The van der Waals surface area contributed by atoms with E-state index in [-0.39, 0.29) is 11.2 Å². The van der Waals surface area contributed by atoms with Gasteiger partial charge in [-0.1, -0.05) is 19.1 Å². The second-order valence-electron chi connectivity index (χ2n) is 4.47. The van der Waals surface area contributed by atoms with Crippen molar-refractivity contribution in [3.63, 3.8) is 0 Å². The molecule has 1 aromatic carbocycles. The Labute approximate surface area is 95.4 Å². The first-order chi connectivity index (χ1) is 7.74. The molecular formula is C13H17FO2. The van der Waals surface area contributed by atoms with Gasteiger partial charge in [-0.25, -0.2) is 4.39 Å². The van der Waals surface area contributed by atoms with Crippen LogP contribution in [0, 0.1) is 11.2 Å². The highest BCUT2D eigenvalue weighted by Crippen LogP contribution is 2.31. The molecule has 0 saturated carbocycles. The average molecular weight is 224 g/mol. The number of benzene rings is 1. The molecular weight excluding hydrogens is 207 g/mol. The normalized spacial score (nSPS) is 18.1. The fourth-order valence-electron chi connectivity index (χ4n) is 1.79. The minimum Gasteiger partial charge on any atom is -0.380 e. The lowest BCUT2D eigenvalue weighted by Gasteiger charge is -2.40. The minimum absolute atomic E-state index is 0.202. The zero-order chi connectivity index (χ0) is 11.4. The lowest BCUT2D eigenvalue weighted by Crippen LogP contribution is -2.45. The van der Waals surface area contributed by atoms with Crippen molar-refractivity contribution in [2.24, 2.45) is 5.41 Å². The standard InChI is InChI=1S/C13H17FO2/c1-2-13(9-16-10-13)8-15-7-11-4-3-5-12(14)6-11/h3-6H,2,7-10H2,1H3. The molecule has 0 unspecified atom stereocenters. The fraction of sp³-hybridized carbons (Fsp3) is 0.538. The summed E-state index contributed by atoms with van der Waals surface area (Å²) in [6, 6.07) is 6.53. The van der Waals surface area contributed by atoms with E-state index in [1.54, 1.807) is 6.07 Å². The highest BCUT2D eigenvalue weighted by Gasteiger charge is 2.36. The SMILES string of the molecule is CCC1(COCc2cccc(F)c2)COC1. The molecule has 0 spiro atoms. The number of hydrogen-bond donors (Lipinski definition) is 0. The first kappa shape index (κ1) is 11.6. The molecule has 0 N–H and O–H groups in total. The third kappa shape index (κ3) is 2.60. The maximum absolute atomic E-state index is 12.9. The van der Waals surface area contributed by atoms with Gasteiger partial charge in [-0.15, -0.1) is 0 Å². The van der Waals surface area contributed by atoms with Crippen molar-refractivity contribution in [1.82, 2.24) is 0 Å². The zero-order valence-electron chi connectivity index (χ0n) is 9.54. The highest BCUT2D eigenvalue weighted by molar-refractivity contribution is 5.15. The van der Waals surface area contributed by atoms with Gasteiger partial charge in [0.25, 0.3) is 0 Å². The van der Waals surface area contributed by atoms with Crippen molar-refractivity contribution >= 4 is 0 Å². The zero-order valence-corrected chi connectivity index (χ0v) is 9.54. The smallest absolute Gasteiger partial charge is 0.123 e. The summed E-state index contributed by atoms with van der Waals surface area (Å²) in [5.74, 6) is -0.210. The fourth-order valence-corrected chi connectivity index (χ4v) is 1.79. The van der Waals surface area contributed by atoms with Crippen molar-refractivity contribution in [2.75, 3.05) is 19.8 Å². The number of halogens is 1. The molecule has 16 heavy (non-hydrogen) atoms. The molecule has 1 saturated heterocycles. The highest BCUT2D eigenvalue weighted by atomic mass is 19.1. The Morgan fingerprint density at radius 1 is 1.44 bits per heavy atom. The van der Waals surface area contributed by atoms with E-state index in [9.17, 15) is 4.39 Å². The molecule has 0 aliphatic carbocycles. The molecule has 0 atom stereocenters. The molecule has 0 radical (unpaired) electrons. The summed E-state index contributed by atoms with van der Waals surface area (Å²) in [6.45, 7) is 4.88. The van der Waals surface area contributed by atoms with Crippen LogP contribution in [0.4, 0.5) is 4.39 Å². The molecule has 0 bridgehead atoms. The van der Waals surface area contributed by atoms with Gasteiger partial charge < -0.3 is 9.47 Å².